The summed E-state index contributed by atoms with van der Waals surface area (Å²) >= 11 is 0. The van der Waals surface area contributed by atoms with Gasteiger partial charge in [-0.15, -0.1) is 0 Å². The average Bonchev–Trinajstić information content (AvgIpc) is 1.98. The van der Waals surface area contributed by atoms with Gasteiger partial charge >= 0.3 is 11.9 Å². The Morgan fingerprint density at radius 3 is 2.46 bits per heavy atom. The molecule has 0 aromatic carbocycles. The number of carboxylic acid groups (broad SMARTS) is 1. The van der Waals surface area contributed by atoms with Crippen LogP contribution >= 0.6 is 0 Å². The van der Waals surface area contributed by atoms with Crippen molar-refractivity contribution in [3.63, 3.8) is 0 Å². The first-order valence-electron chi connectivity index (χ1n) is 4.43. The molecule has 0 aromatic rings. The van der Waals surface area contributed by atoms with Gasteiger partial charge in [0.1, 0.15) is 0 Å². The van der Waals surface area contributed by atoms with Crippen LogP contribution in [0, 0.1) is 5.92 Å². The predicted molar refractivity (Wildman–Crippen MR) is 47.3 cm³/mol. The van der Waals surface area contributed by atoms with Gasteiger partial charge in [-0.05, 0) is 12.3 Å². The third-order valence-electron chi connectivity index (χ3n) is 1.51. The first-order valence-corrected chi connectivity index (χ1v) is 4.43. The first kappa shape index (κ1) is 11.9. The molecule has 0 spiro atoms. The van der Waals surface area contributed by atoms with Gasteiger partial charge < -0.3 is 9.84 Å². The molecule has 1 N–H and O–H groups in total. The maximum absolute atomic E-state index is 11.0. The van der Waals surface area contributed by atoms with Crippen LogP contribution in [0.4, 0.5) is 0 Å². The van der Waals surface area contributed by atoms with Crippen molar-refractivity contribution in [2.24, 2.45) is 5.92 Å². The molecular formula is C9H16O4. The summed E-state index contributed by atoms with van der Waals surface area (Å²) in [6.07, 6.45) is 0.993. The Hall–Kier alpha value is -1.06. The minimum absolute atomic E-state index is 0.0151. The second-order valence-electron chi connectivity index (χ2n) is 3.13. The number of carboxylic acids is 1. The van der Waals surface area contributed by atoms with Gasteiger partial charge in [0.05, 0.1) is 6.61 Å². The highest BCUT2D eigenvalue weighted by atomic mass is 16.5. The van der Waals surface area contributed by atoms with Gasteiger partial charge in [0.2, 0.25) is 0 Å². The number of hydrogen-bond donors (Lipinski definition) is 1. The van der Waals surface area contributed by atoms with E-state index in [0.717, 1.165) is 6.42 Å². The molecule has 0 aliphatic carbocycles. The number of esters is 1. The standard InChI is InChI=1S/C9H16O4/c1-3-4-13-9(12)6-7(2)5-8(10)11/h7H,3-6H2,1-2H3,(H,10,11)/t7-/m0/s1. The lowest BCUT2D eigenvalue weighted by Crippen LogP contribution is -2.12. The zero-order valence-electron chi connectivity index (χ0n) is 8.08. The Bertz CT molecular complexity index is 176. The van der Waals surface area contributed by atoms with E-state index in [0.29, 0.717) is 6.61 Å². The summed E-state index contributed by atoms with van der Waals surface area (Å²) in [4.78, 5) is 21.2. The molecule has 4 nitrogen and oxygen atoms in total. The van der Waals surface area contributed by atoms with E-state index in [4.69, 9.17) is 9.84 Å². The Morgan fingerprint density at radius 1 is 1.38 bits per heavy atom. The van der Waals surface area contributed by atoms with Gasteiger partial charge in [-0.2, -0.15) is 0 Å². The summed E-state index contributed by atoms with van der Waals surface area (Å²) in [7, 11) is 0. The Balaban J connectivity index is 3.59. The highest BCUT2D eigenvalue weighted by molar-refractivity contribution is 5.72. The van der Waals surface area contributed by atoms with Crippen LogP contribution in [0.5, 0.6) is 0 Å². The van der Waals surface area contributed by atoms with Crippen LogP contribution in [0.25, 0.3) is 0 Å². The van der Waals surface area contributed by atoms with E-state index in [2.05, 4.69) is 0 Å². The monoisotopic (exact) mass is 188 g/mol. The van der Waals surface area contributed by atoms with E-state index in [1.54, 1.807) is 6.92 Å². The van der Waals surface area contributed by atoms with Crippen LogP contribution in [-0.2, 0) is 14.3 Å². The Morgan fingerprint density at radius 2 is 2.00 bits per heavy atom. The minimum atomic E-state index is -0.879. The van der Waals surface area contributed by atoms with Crippen molar-refractivity contribution >= 4 is 11.9 Å². The third kappa shape index (κ3) is 7.31. The maximum atomic E-state index is 11.0. The Kier molecular flexibility index (Phi) is 5.93. The molecule has 0 aliphatic rings. The number of rotatable bonds is 6. The zero-order valence-corrected chi connectivity index (χ0v) is 8.08. The van der Waals surface area contributed by atoms with E-state index in [-0.39, 0.29) is 24.7 Å². The molecule has 0 aromatic heterocycles. The van der Waals surface area contributed by atoms with Crippen molar-refractivity contribution in [3.8, 4) is 0 Å². The van der Waals surface area contributed by atoms with Crippen LogP contribution in [-0.4, -0.2) is 23.7 Å². The molecule has 76 valence electrons. The molecule has 0 saturated heterocycles. The summed E-state index contributed by atoms with van der Waals surface area (Å²) in [6.45, 7) is 4.05. The summed E-state index contributed by atoms with van der Waals surface area (Å²) in [5.41, 5.74) is 0. The number of hydrogen-bond acceptors (Lipinski definition) is 3. The van der Waals surface area contributed by atoms with Crippen LogP contribution in [0.2, 0.25) is 0 Å². The topological polar surface area (TPSA) is 63.6 Å². The highest BCUT2D eigenvalue weighted by Gasteiger charge is 2.12. The van der Waals surface area contributed by atoms with Crippen molar-refractivity contribution in [1.29, 1.82) is 0 Å². The number of ether oxygens (including phenoxy) is 1. The quantitative estimate of drug-likeness (QED) is 0.640. The average molecular weight is 188 g/mol. The maximum Gasteiger partial charge on any atom is 0.306 e. The second kappa shape index (κ2) is 6.46. The van der Waals surface area contributed by atoms with Crippen molar-refractivity contribution < 1.29 is 19.4 Å². The number of carbonyl (C=O) groups excluding carboxylic acids is 1. The van der Waals surface area contributed by atoms with E-state index >= 15 is 0 Å². The van der Waals surface area contributed by atoms with Crippen molar-refractivity contribution in [3.05, 3.63) is 0 Å². The molecule has 0 bridgehead atoms. The molecule has 4 heteroatoms. The molecule has 0 fully saturated rings. The fourth-order valence-electron chi connectivity index (χ4n) is 0.930. The fourth-order valence-corrected chi connectivity index (χ4v) is 0.930. The van der Waals surface area contributed by atoms with E-state index in [9.17, 15) is 9.59 Å². The fraction of sp³-hybridized carbons (Fsp3) is 0.778. The van der Waals surface area contributed by atoms with Crippen molar-refractivity contribution in [1.82, 2.24) is 0 Å². The zero-order chi connectivity index (χ0) is 10.3. The predicted octanol–water partition coefficient (Wildman–Crippen LogP) is 1.44. The lowest BCUT2D eigenvalue weighted by Gasteiger charge is -2.07. The molecule has 0 radical (unpaired) electrons. The van der Waals surface area contributed by atoms with Gasteiger partial charge in [-0.3, -0.25) is 9.59 Å². The Labute approximate surface area is 77.9 Å². The summed E-state index contributed by atoms with van der Waals surface area (Å²) in [5, 5.41) is 8.42. The minimum Gasteiger partial charge on any atom is -0.481 e. The molecule has 1 atom stereocenters. The van der Waals surface area contributed by atoms with Crippen LogP contribution in [0.15, 0.2) is 0 Å². The van der Waals surface area contributed by atoms with Crippen molar-refractivity contribution in [2.45, 2.75) is 33.1 Å². The van der Waals surface area contributed by atoms with Gasteiger partial charge in [0, 0.05) is 12.8 Å². The molecule has 13 heavy (non-hydrogen) atoms. The van der Waals surface area contributed by atoms with Gasteiger partial charge in [-0.1, -0.05) is 13.8 Å². The normalized spacial score (nSPS) is 12.2. The summed E-state index contributed by atoms with van der Waals surface area (Å²) in [6, 6.07) is 0. The van der Waals surface area contributed by atoms with E-state index in [1.165, 1.54) is 0 Å². The molecule has 0 amide bonds. The van der Waals surface area contributed by atoms with Crippen LogP contribution in [0.3, 0.4) is 0 Å². The third-order valence-corrected chi connectivity index (χ3v) is 1.51. The van der Waals surface area contributed by atoms with Crippen molar-refractivity contribution in [2.75, 3.05) is 6.61 Å². The smallest absolute Gasteiger partial charge is 0.306 e. The molecule has 0 heterocycles. The molecule has 0 saturated carbocycles. The number of aliphatic carboxylic acids is 1. The van der Waals surface area contributed by atoms with Gasteiger partial charge in [0.15, 0.2) is 0 Å². The molecule has 0 rings (SSSR count). The van der Waals surface area contributed by atoms with E-state index < -0.39 is 5.97 Å². The molecule has 0 aliphatic heterocycles. The van der Waals surface area contributed by atoms with Gasteiger partial charge in [0.25, 0.3) is 0 Å². The summed E-state index contributed by atoms with van der Waals surface area (Å²) < 4.78 is 4.81. The number of carbonyl (C=O) groups is 2. The second-order valence-corrected chi connectivity index (χ2v) is 3.13. The molecule has 0 unspecified atom stereocenters. The molecular weight excluding hydrogens is 172 g/mol. The van der Waals surface area contributed by atoms with Gasteiger partial charge in [-0.25, -0.2) is 0 Å². The van der Waals surface area contributed by atoms with Crippen LogP contribution in [0.1, 0.15) is 33.1 Å². The van der Waals surface area contributed by atoms with E-state index in [1.807, 2.05) is 6.92 Å². The van der Waals surface area contributed by atoms with Crippen LogP contribution < -0.4 is 0 Å². The first-order chi connectivity index (χ1) is 6.06. The largest absolute Gasteiger partial charge is 0.481 e. The SMILES string of the molecule is CCCOC(=O)C[C@@H](C)CC(=O)O. The highest BCUT2D eigenvalue weighted by Crippen LogP contribution is 2.08. The summed E-state index contributed by atoms with van der Waals surface area (Å²) in [5.74, 6) is -1.34. The lowest BCUT2D eigenvalue weighted by molar-refractivity contribution is -0.145. The lowest BCUT2D eigenvalue weighted by atomic mass is 10.0.